The number of benzene rings is 1. The zero-order chi connectivity index (χ0) is 13.8. The molecular weight excluding hydrogens is 245 g/mol. The van der Waals surface area contributed by atoms with E-state index in [0.29, 0.717) is 5.56 Å². The van der Waals surface area contributed by atoms with Gasteiger partial charge in [0.1, 0.15) is 0 Å². The largest absolute Gasteiger partial charge is 0.488 e. The van der Waals surface area contributed by atoms with Gasteiger partial charge < -0.3 is 15.2 Å². The highest BCUT2D eigenvalue weighted by Crippen LogP contribution is 2.30. The van der Waals surface area contributed by atoms with Gasteiger partial charge in [0, 0.05) is 12.5 Å². The Labute approximate surface area is 113 Å². The van der Waals surface area contributed by atoms with Crippen molar-refractivity contribution >= 4 is 0 Å². The Hall–Kier alpha value is -1.13. The Morgan fingerprint density at radius 3 is 2.79 bits per heavy atom. The predicted molar refractivity (Wildman–Crippen MR) is 72.7 cm³/mol. The van der Waals surface area contributed by atoms with Crippen LogP contribution in [0.5, 0.6) is 5.75 Å². The van der Waals surface area contributed by atoms with Crippen LogP contribution < -0.4 is 10.1 Å². The topological polar surface area (TPSA) is 41.5 Å². The van der Waals surface area contributed by atoms with E-state index in [9.17, 15) is 9.50 Å². The van der Waals surface area contributed by atoms with Crippen LogP contribution in [0.2, 0.25) is 0 Å². The molecule has 0 spiro atoms. The Balaban J connectivity index is 2.09. The van der Waals surface area contributed by atoms with Crippen LogP contribution in [0.3, 0.4) is 0 Å². The summed E-state index contributed by atoms with van der Waals surface area (Å²) >= 11 is 0. The van der Waals surface area contributed by atoms with Gasteiger partial charge in [-0.1, -0.05) is 6.07 Å². The Bertz CT molecular complexity index is 417. The maximum atomic E-state index is 13.9. The molecule has 106 valence electrons. The zero-order valence-corrected chi connectivity index (χ0v) is 11.5. The predicted octanol–water partition coefficient (Wildman–Crippen LogP) is 2.65. The van der Waals surface area contributed by atoms with Crippen LogP contribution >= 0.6 is 0 Å². The molecule has 0 aromatic heterocycles. The van der Waals surface area contributed by atoms with E-state index in [0.717, 1.165) is 25.9 Å². The summed E-state index contributed by atoms with van der Waals surface area (Å²) in [5, 5.41) is 13.6. The molecule has 1 saturated heterocycles. The Morgan fingerprint density at radius 2 is 2.21 bits per heavy atom. The van der Waals surface area contributed by atoms with Gasteiger partial charge in [0.05, 0.1) is 12.2 Å². The van der Waals surface area contributed by atoms with Gasteiger partial charge in [-0.25, -0.2) is 4.39 Å². The second-order valence-corrected chi connectivity index (χ2v) is 5.41. The number of hydrogen-bond acceptors (Lipinski definition) is 3. The van der Waals surface area contributed by atoms with Crippen molar-refractivity contribution in [2.75, 3.05) is 13.1 Å². The number of nitrogens with one attached hydrogen (secondary N) is 1. The van der Waals surface area contributed by atoms with Crippen molar-refractivity contribution in [1.29, 1.82) is 0 Å². The standard InChI is InChI=1S/C15H22FNO2/c1-10(2)19-14-6-5-11(8-13(14)16)15(18)12-4-3-7-17-9-12/h5-6,8,10,12,15,17-18H,3-4,7,9H2,1-2H3. The lowest BCUT2D eigenvalue weighted by atomic mass is 9.89. The monoisotopic (exact) mass is 267 g/mol. The van der Waals surface area contributed by atoms with Gasteiger partial charge in [-0.3, -0.25) is 0 Å². The van der Waals surface area contributed by atoms with E-state index in [-0.39, 0.29) is 17.8 Å². The third kappa shape index (κ3) is 3.67. The molecule has 0 radical (unpaired) electrons. The third-order valence-corrected chi connectivity index (χ3v) is 3.44. The van der Waals surface area contributed by atoms with Gasteiger partial charge in [0.25, 0.3) is 0 Å². The molecule has 19 heavy (non-hydrogen) atoms. The summed E-state index contributed by atoms with van der Waals surface area (Å²) in [6.07, 6.45) is 1.35. The minimum Gasteiger partial charge on any atom is -0.488 e. The number of hydrogen-bond donors (Lipinski definition) is 2. The summed E-state index contributed by atoms with van der Waals surface area (Å²) in [4.78, 5) is 0. The summed E-state index contributed by atoms with van der Waals surface area (Å²) in [6.45, 7) is 5.50. The zero-order valence-electron chi connectivity index (χ0n) is 11.5. The number of rotatable bonds is 4. The molecule has 3 nitrogen and oxygen atoms in total. The van der Waals surface area contributed by atoms with Crippen molar-refractivity contribution in [2.24, 2.45) is 5.92 Å². The molecule has 2 N–H and O–H groups in total. The molecular formula is C15H22FNO2. The molecule has 2 rings (SSSR count). The first-order valence-corrected chi connectivity index (χ1v) is 6.93. The van der Waals surface area contributed by atoms with Crippen molar-refractivity contribution in [3.63, 3.8) is 0 Å². The van der Waals surface area contributed by atoms with E-state index in [2.05, 4.69) is 5.32 Å². The molecule has 0 aliphatic carbocycles. The Morgan fingerprint density at radius 1 is 1.42 bits per heavy atom. The summed E-state index contributed by atoms with van der Waals surface area (Å²) in [5.74, 6) is -0.00763. The average molecular weight is 267 g/mol. The normalized spacial score (nSPS) is 21.4. The van der Waals surface area contributed by atoms with Crippen LogP contribution in [0.1, 0.15) is 38.4 Å². The van der Waals surface area contributed by atoms with Crippen molar-refractivity contribution in [1.82, 2.24) is 5.32 Å². The van der Waals surface area contributed by atoms with Crippen molar-refractivity contribution in [3.05, 3.63) is 29.6 Å². The average Bonchev–Trinajstić information content (AvgIpc) is 2.41. The van der Waals surface area contributed by atoms with Crippen LogP contribution in [0.25, 0.3) is 0 Å². The van der Waals surface area contributed by atoms with Crippen molar-refractivity contribution < 1.29 is 14.2 Å². The van der Waals surface area contributed by atoms with Gasteiger partial charge in [0.2, 0.25) is 0 Å². The third-order valence-electron chi connectivity index (χ3n) is 3.44. The highest BCUT2D eigenvalue weighted by atomic mass is 19.1. The first kappa shape index (κ1) is 14.3. The maximum absolute atomic E-state index is 13.9. The lowest BCUT2D eigenvalue weighted by Gasteiger charge is -2.27. The summed E-state index contributed by atoms with van der Waals surface area (Å²) in [7, 11) is 0. The number of halogens is 1. The van der Waals surface area contributed by atoms with Crippen LogP contribution in [0.4, 0.5) is 4.39 Å². The summed E-state index contributed by atoms with van der Waals surface area (Å²) in [5.41, 5.74) is 0.627. The van der Waals surface area contributed by atoms with Crippen LogP contribution in [0, 0.1) is 11.7 Å². The smallest absolute Gasteiger partial charge is 0.165 e. The van der Waals surface area contributed by atoms with E-state index in [1.54, 1.807) is 12.1 Å². The SMILES string of the molecule is CC(C)Oc1ccc(C(O)C2CCCNC2)cc1F. The minimum atomic E-state index is -0.615. The molecule has 4 heteroatoms. The van der Waals surface area contributed by atoms with E-state index in [1.807, 2.05) is 13.8 Å². The molecule has 0 amide bonds. The molecule has 1 fully saturated rings. The quantitative estimate of drug-likeness (QED) is 0.881. The molecule has 2 atom stereocenters. The van der Waals surface area contributed by atoms with Gasteiger partial charge in [-0.15, -0.1) is 0 Å². The second kappa shape index (κ2) is 6.35. The van der Waals surface area contributed by atoms with Crippen LogP contribution in [-0.4, -0.2) is 24.3 Å². The summed E-state index contributed by atoms with van der Waals surface area (Å²) < 4.78 is 19.2. The molecule has 1 aliphatic rings. The fourth-order valence-electron chi connectivity index (χ4n) is 2.47. The highest BCUT2D eigenvalue weighted by Gasteiger charge is 2.23. The Kier molecular flexibility index (Phi) is 4.77. The number of piperidine rings is 1. The molecule has 1 aromatic rings. The minimum absolute atomic E-state index is 0.0622. The van der Waals surface area contributed by atoms with E-state index >= 15 is 0 Å². The number of aliphatic hydroxyl groups is 1. The number of aliphatic hydroxyl groups excluding tert-OH is 1. The fraction of sp³-hybridized carbons (Fsp3) is 0.600. The molecule has 0 bridgehead atoms. The first-order valence-electron chi connectivity index (χ1n) is 6.93. The molecule has 0 saturated carbocycles. The van der Waals surface area contributed by atoms with Crippen LogP contribution in [-0.2, 0) is 0 Å². The van der Waals surface area contributed by atoms with Gasteiger partial charge in [0.15, 0.2) is 11.6 Å². The highest BCUT2D eigenvalue weighted by molar-refractivity contribution is 5.31. The van der Waals surface area contributed by atoms with Gasteiger partial charge in [-0.2, -0.15) is 0 Å². The van der Waals surface area contributed by atoms with E-state index in [4.69, 9.17) is 4.74 Å². The van der Waals surface area contributed by atoms with Gasteiger partial charge in [-0.05, 0) is 50.9 Å². The number of ether oxygens (including phenoxy) is 1. The van der Waals surface area contributed by atoms with Gasteiger partial charge >= 0.3 is 0 Å². The molecule has 2 unspecified atom stereocenters. The lowest BCUT2D eigenvalue weighted by molar-refractivity contribution is 0.0917. The van der Waals surface area contributed by atoms with Crippen LogP contribution in [0.15, 0.2) is 18.2 Å². The van der Waals surface area contributed by atoms with Crippen molar-refractivity contribution in [2.45, 2.75) is 38.9 Å². The van der Waals surface area contributed by atoms with Crippen molar-refractivity contribution in [3.8, 4) is 5.75 Å². The molecule has 1 heterocycles. The lowest BCUT2D eigenvalue weighted by Crippen LogP contribution is -2.33. The summed E-state index contributed by atoms with van der Waals surface area (Å²) in [6, 6.07) is 4.74. The van der Waals surface area contributed by atoms with E-state index in [1.165, 1.54) is 6.07 Å². The molecule has 1 aliphatic heterocycles. The molecule has 1 aromatic carbocycles. The first-order chi connectivity index (χ1) is 9.08. The maximum Gasteiger partial charge on any atom is 0.165 e. The fourth-order valence-corrected chi connectivity index (χ4v) is 2.47. The second-order valence-electron chi connectivity index (χ2n) is 5.41. The van der Waals surface area contributed by atoms with E-state index < -0.39 is 11.9 Å².